The Labute approximate surface area is 153 Å². The van der Waals surface area contributed by atoms with Crippen LogP contribution < -0.4 is 15.8 Å². The number of thioether (sulfide) groups is 2. The summed E-state index contributed by atoms with van der Waals surface area (Å²) in [5, 5.41) is 2.76. The Morgan fingerprint density at radius 3 is 2.48 bits per heavy atom. The van der Waals surface area contributed by atoms with Crippen LogP contribution in [0, 0.1) is 0 Å². The van der Waals surface area contributed by atoms with Crippen molar-refractivity contribution < 1.29 is 9.53 Å². The molecular formula is C16H25ClN2O2S2. The van der Waals surface area contributed by atoms with Crippen LogP contribution in [0.4, 0.5) is 0 Å². The average Bonchev–Trinajstić information content (AvgIpc) is 2.51. The number of benzene rings is 1. The largest absolute Gasteiger partial charge is 0.484 e. The molecule has 0 saturated carbocycles. The fraction of sp³-hybridized carbons (Fsp3) is 0.562. The quantitative estimate of drug-likeness (QED) is 0.798. The summed E-state index contributed by atoms with van der Waals surface area (Å²) < 4.78 is 6.03. The molecule has 0 aliphatic carbocycles. The third-order valence-corrected chi connectivity index (χ3v) is 6.11. The van der Waals surface area contributed by atoms with E-state index in [1.54, 1.807) is 0 Å². The zero-order chi connectivity index (χ0) is 16.0. The fourth-order valence-electron chi connectivity index (χ4n) is 1.93. The van der Waals surface area contributed by atoms with E-state index in [4.69, 9.17) is 10.5 Å². The molecule has 0 bridgehead atoms. The molecule has 1 aromatic rings. The summed E-state index contributed by atoms with van der Waals surface area (Å²) in [6.45, 7) is 4.19. The van der Waals surface area contributed by atoms with E-state index in [1.807, 2.05) is 49.5 Å². The predicted molar refractivity (Wildman–Crippen MR) is 103 cm³/mol. The van der Waals surface area contributed by atoms with Crippen LogP contribution in [0.2, 0.25) is 0 Å². The van der Waals surface area contributed by atoms with Gasteiger partial charge in [0.25, 0.3) is 5.91 Å². The summed E-state index contributed by atoms with van der Waals surface area (Å²) in [5.74, 6) is 3.03. The highest BCUT2D eigenvalue weighted by Crippen LogP contribution is 2.43. The first kappa shape index (κ1) is 20.5. The molecule has 0 spiro atoms. The predicted octanol–water partition coefficient (Wildman–Crippen LogP) is 3.21. The number of carbonyl (C=O) groups is 1. The summed E-state index contributed by atoms with van der Waals surface area (Å²) >= 11 is 3.99. The molecule has 0 radical (unpaired) electrons. The van der Waals surface area contributed by atoms with E-state index >= 15 is 0 Å². The van der Waals surface area contributed by atoms with Crippen molar-refractivity contribution in [2.75, 3.05) is 24.7 Å². The van der Waals surface area contributed by atoms with Crippen LogP contribution in [0.3, 0.4) is 0 Å². The molecule has 7 heteroatoms. The summed E-state index contributed by atoms with van der Waals surface area (Å²) in [4.78, 5) is 11.7. The molecular weight excluding hydrogens is 352 g/mol. The lowest BCUT2D eigenvalue weighted by molar-refractivity contribution is -0.123. The van der Waals surface area contributed by atoms with Crippen molar-refractivity contribution in [3.8, 4) is 5.75 Å². The zero-order valence-corrected chi connectivity index (χ0v) is 16.0. The van der Waals surface area contributed by atoms with Gasteiger partial charge in [-0.3, -0.25) is 4.79 Å². The van der Waals surface area contributed by atoms with Gasteiger partial charge in [-0.25, -0.2) is 0 Å². The molecule has 0 unspecified atom stereocenters. The Morgan fingerprint density at radius 1 is 1.30 bits per heavy atom. The third-order valence-electron chi connectivity index (χ3n) is 3.09. The maximum atomic E-state index is 11.7. The summed E-state index contributed by atoms with van der Waals surface area (Å²) in [7, 11) is 0. The first-order chi connectivity index (χ1) is 10.4. The molecule has 0 aromatic heterocycles. The number of ether oxygens (including phenoxy) is 1. The number of hydrogen-bond acceptors (Lipinski definition) is 5. The van der Waals surface area contributed by atoms with Crippen LogP contribution in [-0.2, 0) is 4.79 Å². The number of nitrogens with two attached hydrogens (primary N) is 1. The van der Waals surface area contributed by atoms with Crippen LogP contribution in [0.25, 0.3) is 0 Å². The van der Waals surface area contributed by atoms with Gasteiger partial charge in [0, 0.05) is 12.1 Å². The van der Waals surface area contributed by atoms with Crippen molar-refractivity contribution in [2.45, 2.75) is 30.4 Å². The van der Waals surface area contributed by atoms with Gasteiger partial charge >= 0.3 is 0 Å². The Morgan fingerprint density at radius 2 is 1.91 bits per heavy atom. The topological polar surface area (TPSA) is 64.3 Å². The number of carbonyl (C=O) groups excluding carboxylic acids is 1. The van der Waals surface area contributed by atoms with Crippen LogP contribution in [0.15, 0.2) is 24.3 Å². The highest BCUT2D eigenvalue weighted by molar-refractivity contribution is 8.16. The SMILES string of the molecule is CC(C)(N)CNC(=O)COc1ccc(C2SCCCS2)cc1.Cl. The summed E-state index contributed by atoms with van der Waals surface area (Å²) in [6, 6.07) is 8.05. The van der Waals surface area contributed by atoms with Crippen LogP contribution in [0.5, 0.6) is 5.75 Å². The molecule has 1 fully saturated rings. The van der Waals surface area contributed by atoms with Gasteiger partial charge in [-0.05, 0) is 49.5 Å². The first-order valence-corrected chi connectivity index (χ1v) is 9.55. The van der Waals surface area contributed by atoms with E-state index in [-0.39, 0.29) is 24.9 Å². The van der Waals surface area contributed by atoms with Crippen molar-refractivity contribution in [1.29, 1.82) is 0 Å². The first-order valence-electron chi connectivity index (χ1n) is 7.46. The number of halogens is 1. The standard InChI is InChI=1S/C16H24N2O2S2.ClH/c1-16(2,17)11-18-14(19)10-20-13-6-4-12(5-7-13)15-21-8-3-9-22-15;/h4-7,15H,3,8-11,17H2,1-2H3,(H,18,19);1H. The van der Waals surface area contributed by atoms with Crippen molar-refractivity contribution in [1.82, 2.24) is 5.32 Å². The molecule has 0 atom stereocenters. The maximum absolute atomic E-state index is 11.7. The number of rotatable bonds is 6. The highest BCUT2D eigenvalue weighted by atomic mass is 35.5. The van der Waals surface area contributed by atoms with Crippen LogP contribution in [-0.4, -0.2) is 36.1 Å². The fourth-order valence-corrected chi connectivity index (χ4v) is 4.82. The minimum atomic E-state index is -0.410. The van der Waals surface area contributed by atoms with Gasteiger partial charge < -0.3 is 15.8 Å². The molecule has 23 heavy (non-hydrogen) atoms. The summed E-state index contributed by atoms with van der Waals surface area (Å²) in [6.07, 6.45) is 1.29. The van der Waals surface area contributed by atoms with Crippen molar-refractivity contribution in [3.05, 3.63) is 29.8 Å². The zero-order valence-electron chi connectivity index (χ0n) is 13.5. The van der Waals surface area contributed by atoms with Crippen LogP contribution >= 0.6 is 35.9 Å². The van der Waals surface area contributed by atoms with Gasteiger partial charge in [-0.15, -0.1) is 35.9 Å². The lowest BCUT2D eigenvalue weighted by Gasteiger charge is -2.21. The van der Waals surface area contributed by atoms with E-state index in [9.17, 15) is 4.79 Å². The monoisotopic (exact) mass is 376 g/mol. The van der Waals surface area contributed by atoms with E-state index in [0.29, 0.717) is 11.1 Å². The highest BCUT2D eigenvalue weighted by Gasteiger charge is 2.16. The second-order valence-corrected chi connectivity index (χ2v) is 8.77. The minimum Gasteiger partial charge on any atom is -0.484 e. The van der Waals surface area contributed by atoms with Crippen molar-refractivity contribution in [2.24, 2.45) is 5.73 Å². The Hall–Kier alpha value is -0.560. The molecule has 1 heterocycles. The van der Waals surface area contributed by atoms with Gasteiger partial charge in [0.2, 0.25) is 0 Å². The molecule has 130 valence electrons. The molecule has 1 aliphatic heterocycles. The Balaban J connectivity index is 0.00000264. The molecule has 4 nitrogen and oxygen atoms in total. The minimum absolute atomic E-state index is 0. The van der Waals surface area contributed by atoms with E-state index in [2.05, 4.69) is 17.4 Å². The molecule has 3 N–H and O–H groups in total. The Bertz CT molecular complexity index is 486. The van der Waals surface area contributed by atoms with Gasteiger partial charge in [-0.2, -0.15) is 0 Å². The molecule has 1 aliphatic rings. The van der Waals surface area contributed by atoms with Crippen molar-refractivity contribution in [3.63, 3.8) is 0 Å². The molecule has 1 aromatic carbocycles. The van der Waals surface area contributed by atoms with Gasteiger partial charge in [0.1, 0.15) is 5.75 Å². The second kappa shape index (κ2) is 9.67. The van der Waals surface area contributed by atoms with Crippen LogP contribution in [0.1, 0.15) is 30.4 Å². The number of amides is 1. The van der Waals surface area contributed by atoms with E-state index < -0.39 is 5.54 Å². The van der Waals surface area contributed by atoms with E-state index in [0.717, 1.165) is 5.75 Å². The third kappa shape index (κ3) is 7.70. The normalized spacial score (nSPS) is 15.6. The second-order valence-electron chi connectivity index (χ2n) is 6.05. The lowest BCUT2D eigenvalue weighted by Crippen LogP contribution is -2.46. The van der Waals surface area contributed by atoms with Gasteiger partial charge in [0.05, 0.1) is 4.58 Å². The van der Waals surface area contributed by atoms with Gasteiger partial charge in [0.15, 0.2) is 6.61 Å². The number of nitrogens with one attached hydrogen (secondary N) is 1. The van der Waals surface area contributed by atoms with Gasteiger partial charge in [-0.1, -0.05) is 12.1 Å². The van der Waals surface area contributed by atoms with Crippen molar-refractivity contribution >= 4 is 41.8 Å². The average molecular weight is 377 g/mol. The summed E-state index contributed by atoms with van der Waals surface area (Å²) in [5.41, 5.74) is 6.73. The Kier molecular flexibility index (Phi) is 8.61. The molecule has 1 saturated heterocycles. The van der Waals surface area contributed by atoms with E-state index in [1.165, 1.54) is 23.5 Å². The smallest absolute Gasteiger partial charge is 0.258 e. The molecule has 1 amide bonds. The maximum Gasteiger partial charge on any atom is 0.258 e. The lowest BCUT2D eigenvalue weighted by atomic mass is 10.1. The number of hydrogen-bond donors (Lipinski definition) is 2. The molecule has 2 rings (SSSR count).